The van der Waals surface area contributed by atoms with Gasteiger partial charge in [0.15, 0.2) is 0 Å². The second kappa shape index (κ2) is 8.14. The highest BCUT2D eigenvalue weighted by molar-refractivity contribution is 7.81. The van der Waals surface area contributed by atoms with Crippen molar-refractivity contribution in [2.24, 2.45) is 0 Å². The van der Waals surface area contributed by atoms with Crippen LogP contribution in [0.25, 0.3) is 0 Å². The van der Waals surface area contributed by atoms with E-state index in [2.05, 4.69) is 9.50 Å². The lowest BCUT2D eigenvalue weighted by Crippen LogP contribution is -2.58. The van der Waals surface area contributed by atoms with Gasteiger partial charge < -0.3 is 14.4 Å². The molecule has 0 aliphatic carbocycles. The molecule has 1 unspecified atom stereocenters. The van der Waals surface area contributed by atoms with E-state index in [-0.39, 0.29) is 24.4 Å². The summed E-state index contributed by atoms with van der Waals surface area (Å²) in [4.78, 5) is 49.3. The Morgan fingerprint density at radius 3 is 2.41 bits per heavy atom. The predicted molar refractivity (Wildman–Crippen MR) is 89.6 cm³/mol. The van der Waals surface area contributed by atoms with Crippen LogP contribution in [0.4, 0.5) is 4.79 Å². The van der Waals surface area contributed by atoms with E-state index < -0.39 is 34.3 Å². The first kappa shape index (κ1) is 20.3. The molecule has 1 aromatic carbocycles. The molecule has 2 N–H and O–H groups in total. The van der Waals surface area contributed by atoms with E-state index in [0.717, 1.165) is 12.1 Å². The van der Waals surface area contributed by atoms with Crippen molar-refractivity contribution in [2.45, 2.75) is 13.0 Å². The quantitative estimate of drug-likeness (QED) is 0.477. The molecule has 1 aliphatic heterocycles. The van der Waals surface area contributed by atoms with Gasteiger partial charge >= 0.3 is 28.2 Å². The molecule has 1 aliphatic rings. The number of likely N-dealkylation sites (N-methyl/N-ethyl adjacent to an activating group) is 1. The molecule has 11 nitrogen and oxygen atoms in total. The van der Waals surface area contributed by atoms with Crippen molar-refractivity contribution >= 4 is 34.5 Å². The number of urea groups is 1. The van der Waals surface area contributed by atoms with Gasteiger partial charge in [0.1, 0.15) is 11.8 Å². The van der Waals surface area contributed by atoms with Crippen molar-refractivity contribution < 1.29 is 36.3 Å². The molecule has 1 atom stereocenters. The van der Waals surface area contributed by atoms with Crippen LogP contribution in [0.5, 0.6) is 5.75 Å². The number of benzene rings is 1. The normalized spacial score (nSPS) is 16.1. The van der Waals surface area contributed by atoms with Gasteiger partial charge in [0, 0.05) is 19.6 Å². The second-order valence-electron chi connectivity index (χ2n) is 5.42. The molecule has 1 radical (unpaired) electrons. The molecule has 0 saturated carbocycles. The lowest BCUT2D eigenvalue weighted by molar-refractivity contribution is -0.153. The number of nitrogens with zero attached hydrogens (tertiary/aromatic N) is 2. The predicted octanol–water partition coefficient (Wildman–Crippen LogP) is -0.581. The van der Waals surface area contributed by atoms with Crippen molar-refractivity contribution in [3.63, 3.8) is 0 Å². The van der Waals surface area contributed by atoms with Crippen molar-refractivity contribution in [3.05, 3.63) is 29.8 Å². The van der Waals surface area contributed by atoms with Gasteiger partial charge in [-0.25, -0.2) is 4.79 Å². The molecular weight excluding hydrogens is 382 g/mol. The summed E-state index contributed by atoms with van der Waals surface area (Å²) >= 11 is 0. The van der Waals surface area contributed by atoms with Crippen LogP contribution in [0.1, 0.15) is 18.5 Å². The van der Waals surface area contributed by atoms with Crippen LogP contribution in [0.2, 0.25) is 0 Å². The Bertz CT molecular complexity index is 852. The van der Waals surface area contributed by atoms with Gasteiger partial charge in [0.25, 0.3) is 0 Å². The van der Waals surface area contributed by atoms with Gasteiger partial charge in [-0.15, -0.1) is 0 Å². The summed E-state index contributed by atoms with van der Waals surface area (Å²) in [6, 6.07) is 2.61. The minimum absolute atomic E-state index is 0.0169. The third kappa shape index (κ3) is 5.01. The minimum Gasteiger partial charge on any atom is -0.362 e. The van der Waals surface area contributed by atoms with Crippen LogP contribution in [0.15, 0.2) is 24.3 Å². The van der Waals surface area contributed by atoms with Crippen molar-refractivity contribution in [2.75, 3.05) is 19.6 Å². The Kier molecular flexibility index (Phi) is 6.13. The van der Waals surface area contributed by atoms with E-state index in [4.69, 9.17) is 4.55 Å². The van der Waals surface area contributed by atoms with Crippen molar-refractivity contribution in [1.82, 2.24) is 15.1 Å². The number of imide groups is 1. The van der Waals surface area contributed by atoms with Gasteiger partial charge in [-0.05, 0) is 24.6 Å². The summed E-state index contributed by atoms with van der Waals surface area (Å²) < 4.78 is 34.1. The first-order chi connectivity index (χ1) is 12.7. The highest BCUT2D eigenvalue weighted by Crippen LogP contribution is 2.18. The number of rotatable bonds is 6. The third-order valence-electron chi connectivity index (χ3n) is 3.74. The number of amides is 4. The zero-order valence-electron chi connectivity index (χ0n) is 14.1. The Labute approximate surface area is 154 Å². The molecule has 1 heterocycles. The van der Waals surface area contributed by atoms with Gasteiger partial charge in [-0.3, -0.25) is 23.8 Å². The van der Waals surface area contributed by atoms with E-state index in [1.54, 1.807) is 13.2 Å². The lowest BCUT2D eigenvalue weighted by Gasteiger charge is -2.32. The van der Waals surface area contributed by atoms with Crippen LogP contribution < -0.4 is 9.50 Å². The number of nitrogens with one attached hydrogen (secondary N) is 1. The maximum Gasteiger partial charge on any atom is 0.446 e. The number of piperazine rings is 1. The fraction of sp³-hybridized carbons (Fsp3) is 0.333. The Morgan fingerprint density at radius 1 is 1.26 bits per heavy atom. The maximum absolute atomic E-state index is 12.3. The summed E-state index contributed by atoms with van der Waals surface area (Å²) in [5, 5.41) is 2.27. The summed E-state index contributed by atoms with van der Waals surface area (Å²) in [6.07, 6.45) is 1.58. The molecule has 27 heavy (non-hydrogen) atoms. The maximum atomic E-state index is 12.3. The Morgan fingerprint density at radius 2 is 1.89 bits per heavy atom. The molecular formula is C15H16N3O8S. The molecule has 0 spiro atoms. The number of carbonyl (C=O) groups excluding carboxylic acids is 4. The highest BCUT2D eigenvalue weighted by atomic mass is 32.3. The van der Waals surface area contributed by atoms with Crippen LogP contribution in [-0.4, -0.2) is 66.5 Å². The summed E-state index contributed by atoms with van der Waals surface area (Å²) in [7, 11) is -4.69. The zero-order valence-corrected chi connectivity index (χ0v) is 14.9. The molecule has 12 heteroatoms. The van der Waals surface area contributed by atoms with Crippen molar-refractivity contribution in [3.8, 4) is 5.75 Å². The average molecular weight is 398 g/mol. The van der Waals surface area contributed by atoms with Crippen LogP contribution >= 0.6 is 0 Å². The zero-order chi connectivity index (χ0) is 20.2. The number of hydrogen-bond acceptors (Lipinski definition) is 7. The van der Waals surface area contributed by atoms with Crippen LogP contribution in [-0.2, 0) is 24.8 Å². The smallest absolute Gasteiger partial charge is 0.362 e. The number of hydrogen-bond donors (Lipinski definition) is 2. The van der Waals surface area contributed by atoms with Gasteiger partial charge in [0.05, 0.1) is 0 Å². The highest BCUT2D eigenvalue weighted by Gasteiger charge is 2.36. The van der Waals surface area contributed by atoms with Crippen LogP contribution in [0, 0.1) is 0 Å². The SMILES string of the molecule is CCN1CCN(C(=O)NC([C]=O)c2ccc(OS(=O)(=O)O)cc2)C(=O)C1=O. The first-order valence-electron chi connectivity index (χ1n) is 7.72. The van der Waals surface area contributed by atoms with E-state index >= 15 is 0 Å². The van der Waals surface area contributed by atoms with Gasteiger partial charge in [-0.1, -0.05) is 12.1 Å². The summed E-state index contributed by atoms with van der Waals surface area (Å²) in [5.41, 5.74) is 0.215. The standard InChI is InChI=1S/C15H16N3O8S/c1-2-17-7-8-18(14(21)13(17)20)15(22)16-12(9-19)10-3-5-11(6-4-10)26-27(23,24)25/h3-6,12H,2,7-8H2,1H3,(H,16,22)(H,23,24,25). The number of carbonyl (C=O) groups is 3. The average Bonchev–Trinajstić information content (AvgIpc) is 2.61. The molecule has 1 aromatic rings. The summed E-state index contributed by atoms with van der Waals surface area (Å²) in [5.74, 6) is -2.02. The molecule has 0 bridgehead atoms. The van der Waals surface area contributed by atoms with Crippen LogP contribution in [0.3, 0.4) is 0 Å². The molecule has 2 rings (SSSR count). The van der Waals surface area contributed by atoms with Crippen molar-refractivity contribution in [1.29, 1.82) is 0 Å². The Hall–Kier alpha value is -2.99. The topological polar surface area (TPSA) is 150 Å². The minimum atomic E-state index is -4.69. The molecule has 4 amide bonds. The molecule has 0 aromatic heterocycles. The van der Waals surface area contributed by atoms with E-state index in [0.29, 0.717) is 11.4 Å². The molecule has 1 fully saturated rings. The largest absolute Gasteiger partial charge is 0.446 e. The lowest BCUT2D eigenvalue weighted by atomic mass is 10.1. The van der Waals surface area contributed by atoms with E-state index in [1.165, 1.54) is 17.0 Å². The van der Waals surface area contributed by atoms with E-state index in [1.807, 2.05) is 0 Å². The second-order valence-corrected chi connectivity index (χ2v) is 6.44. The third-order valence-corrected chi connectivity index (χ3v) is 4.14. The van der Waals surface area contributed by atoms with E-state index in [9.17, 15) is 27.6 Å². The monoisotopic (exact) mass is 398 g/mol. The first-order valence-corrected chi connectivity index (χ1v) is 9.08. The molecule has 145 valence electrons. The fourth-order valence-corrected chi connectivity index (χ4v) is 2.74. The fourth-order valence-electron chi connectivity index (χ4n) is 2.39. The Balaban J connectivity index is 2.08. The molecule has 1 saturated heterocycles. The summed E-state index contributed by atoms with van der Waals surface area (Å²) in [6.45, 7) is 2.21. The van der Waals surface area contributed by atoms with Gasteiger partial charge in [-0.2, -0.15) is 8.42 Å². The van der Waals surface area contributed by atoms with Gasteiger partial charge in [0.2, 0.25) is 6.29 Å².